The molecule has 1 rings (SSSR count). The van der Waals surface area contributed by atoms with Gasteiger partial charge in [0.05, 0.1) is 6.61 Å². The maximum atomic E-state index is 12.1. The largest absolute Gasteiger partial charge is 0.464 e. The Morgan fingerprint density at radius 2 is 2.29 bits per heavy atom. The molecular weight excluding hydrogens is 240 g/mol. The number of rotatable bonds is 4. The van der Waals surface area contributed by atoms with E-state index in [4.69, 9.17) is 10.5 Å². The summed E-state index contributed by atoms with van der Waals surface area (Å²) in [5, 5.41) is 0. The highest BCUT2D eigenvalue weighted by Gasteiger charge is 2.34. The van der Waals surface area contributed by atoms with Gasteiger partial charge in [-0.3, -0.25) is 4.79 Å². The topological polar surface area (TPSA) is 72.6 Å². The second-order valence-corrected chi connectivity index (χ2v) is 5.16. The molecule has 2 atom stereocenters. The van der Waals surface area contributed by atoms with Crippen molar-refractivity contribution in [3.63, 3.8) is 0 Å². The van der Waals surface area contributed by atoms with E-state index in [1.165, 1.54) is 0 Å². The lowest BCUT2D eigenvalue weighted by atomic mass is 10.1. The van der Waals surface area contributed by atoms with Crippen LogP contribution in [0.3, 0.4) is 0 Å². The second kappa shape index (κ2) is 6.86. The molecule has 2 unspecified atom stereocenters. The zero-order valence-electron chi connectivity index (χ0n) is 10.3. The molecule has 1 aliphatic heterocycles. The molecule has 0 aliphatic carbocycles. The van der Waals surface area contributed by atoms with E-state index in [-0.39, 0.29) is 17.8 Å². The minimum absolute atomic E-state index is 0.0501. The van der Waals surface area contributed by atoms with Crippen LogP contribution in [0.1, 0.15) is 13.8 Å². The van der Waals surface area contributed by atoms with Crippen molar-refractivity contribution < 1.29 is 14.3 Å². The van der Waals surface area contributed by atoms with Crippen molar-refractivity contribution in [2.24, 2.45) is 11.7 Å². The summed E-state index contributed by atoms with van der Waals surface area (Å²) >= 11 is 1.67. The van der Waals surface area contributed by atoms with Gasteiger partial charge in [-0.05, 0) is 6.92 Å². The van der Waals surface area contributed by atoms with Gasteiger partial charge >= 0.3 is 5.97 Å². The zero-order valence-corrected chi connectivity index (χ0v) is 11.2. The number of amides is 1. The molecule has 6 heteroatoms. The molecule has 1 fully saturated rings. The third kappa shape index (κ3) is 3.61. The predicted molar refractivity (Wildman–Crippen MR) is 67.7 cm³/mol. The van der Waals surface area contributed by atoms with Gasteiger partial charge in [-0.1, -0.05) is 6.92 Å². The lowest BCUT2D eigenvalue weighted by Gasteiger charge is -2.35. The first-order valence-corrected chi connectivity index (χ1v) is 7.02. The van der Waals surface area contributed by atoms with E-state index in [0.29, 0.717) is 25.4 Å². The van der Waals surface area contributed by atoms with Crippen molar-refractivity contribution in [2.45, 2.75) is 19.9 Å². The van der Waals surface area contributed by atoms with Crippen molar-refractivity contribution in [1.29, 1.82) is 0 Å². The van der Waals surface area contributed by atoms with Gasteiger partial charge in [0.15, 0.2) is 0 Å². The fourth-order valence-corrected chi connectivity index (χ4v) is 2.72. The predicted octanol–water partition coefficient (Wildman–Crippen LogP) is 0.0883. The molecule has 0 spiro atoms. The van der Waals surface area contributed by atoms with Crippen LogP contribution in [0.5, 0.6) is 0 Å². The fraction of sp³-hybridized carbons (Fsp3) is 0.818. The number of hydrogen-bond donors (Lipinski definition) is 1. The summed E-state index contributed by atoms with van der Waals surface area (Å²) in [6.07, 6.45) is 0. The van der Waals surface area contributed by atoms with Gasteiger partial charge in [0, 0.05) is 30.5 Å². The van der Waals surface area contributed by atoms with E-state index < -0.39 is 6.04 Å². The van der Waals surface area contributed by atoms with Gasteiger partial charge in [-0.25, -0.2) is 4.79 Å². The molecule has 17 heavy (non-hydrogen) atoms. The summed E-state index contributed by atoms with van der Waals surface area (Å²) in [5.74, 6) is 0.874. The van der Waals surface area contributed by atoms with Crippen molar-refractivity contribution in [3.8, 4) is 0 Å². The maximum Gasteiger partial charge on any atom is 0.329 e. The van der Waals surface area contributed by atoms with E-state index in [2.05, 4.69) is 0 Å². The lowest BCUT2D eigenvalue weighted by molar-refractivity contribution is -0.155. The Balaban J connectivity index is 2.71. The Morgan fingerprint density at radius 3 is 2.88 bits per heavy atom. The molecule has 98 valence electrons. The molecule has 5 nitrogen and oxygen atoms in total. The van der Waals surface area contributed by atoms with E-state index in [1.807, 2.05) is 0 Å². The molecule has 0 aromatic rings. The van der Waals surface area contributed by atoms with Gasteiger partial charge in [-0.2, -0.15) is 11.8 Å². The smallest absolute Gasteiger partial charge is 0.329 e. The second-order valence-electron chi connectivity index (χ2n) is 4.01. The minimum atomic E-state index is -0.449. The first kappa shape index (κ1) is 14.3. The summed E-state index contributed by atoms with van der Waals surface area (Å²) in [4.78, 5) is 25.5. The molecule has 0 aromatic carbocycles. The van der Waals surface area contributed by atoms with Crippen molar-refractivity contribution in [1.82, 2.24) is 4.90 Å². The van der Waals surface area contributed by atoms with Crippen molar-refractivity contribution in [2.75, 3.05) is 31.2 Å². The highest BCUT2D eigenvalue weighted by atomic mass is 32.2. The van der Waals surface area contributed by atoms with Gasteiger partial charge in [0.25, 0.3) is 0 Å². The van der Waals surface area contributed by atoms with E-state index >= 15 is 0 Å². The summed E-state index contributed by atoms with van der Waals surface area (Å²) in [5.41, 5.74) is 5.49. The molecular formula is C11H20N2O3S. The highest BCUT2D eigenvalue weighted by Crippen LogP contribution is 2.19. The first-order chi connectivity index (χ1) is 8.11. The summed E-state index contributed by atoms with van der Waals surface area (Å²) in [6, 6.07) is -0.449. The minimum Gasteiger partial charge on any atom is -0.464 e. The monoisotopic (exact) mass is 260 g/mol. The van der Waals surface area contributed by atoms with Crippen molar-refractivity contribution >= 4 is 23.6 Å². The third-order valence-electron chi connectivity index (χ3n) is 2.75. The molecule has 0 radical (unpaired) electrons. The van der Waals surface area contributed by atoms with E-state index in [0.717, 1.165) is 5.75 Å². The number of carbonyl (C=O) groups excluding carboxylic acids is 2. The molecule has 0 saturated carbocycles. The molecule has 0 aromatic heterocycles. The molecule has 1 amide bonds. The Morgan fingerprint density at radius 1 is 1.59 bits per heavy atom. The van der Waals surface area contributed by atoms with Crippen LogP contribution in [0.4, 0.5) is 0 Å². The number of nitrogens with zero attached hydrogens (tertiary/aromatic N) is 1. The fourth-order valence-electron chi connectivity index (χ4n) is 1.69. The van der Waals surface area contributed by atoms with Gasteiger partial charge < -0.3 is 15.4 Å². The number of thioether (sulfide) groups is 1. The Labute approximate surface area is 106 Å². The summed E-state index contributed by atoms with van der Waals surface area (Å²) < 4.78 is 5.00. The maximum absolute atomic E-state index is 12.1. The van der Waals surface area contributed by atoms with Gasteiger partial charge in [0.2, 0.25) is 5.91 Å². The number of nitrogens with two attached hydrogens (primary N) is 1. The van der Waals surface area contributed by atoms with Crippen LogP contribution in [0, 0.1) is 5.92 Å². The molecule has 0 bridgehead atoms. The zero-order chi connectivity index (χ0) is 12.8. The Kier molecular flexibility index (Phi) is 5.77. The molecule has 1 heterocycles. The molecule has 2 N–H and O–H groups in total. The number of ether oxygens (including phenoxy) is 1. The van der Waals surface area contributed by atoms with Crippen LogP contribution >= 0.6 is 11.8 Å². The average molecular weight is 260 g/mol. The molecule has 1 aliphatic rings. The SMILES string of the molecule is CCOC(=O)C1CSCCN1C(=O)C(C)CN. The van der Waals surface area contributed by atoms with Crippen molar-refractivity contribution in [3.05, 3.63) is 0 Å². The standard InChI is InChI=1S/C11H20N2O3S/c1-3-16-11(15)9-7-17-5-4-13(9)10(14)8(2)6-12/h8-9H,3-7,12H2,1-2H3. The van der Waals surface area contributed by atoms with Gasteiger partial charge in [0.1, 0.15) is 6.04 Å². The van der Waals surface area contributed by atoms with Crippen LogP contribution in [-0.2, 0) is 14.3 Å². The van der Waals surface area contributed by atoms with E-state index in [9.17, 15) is 9.59 Å². The number of esters is 1. The van der Waals surface area contributed by atoms with Crippen LogP contribution < -0.4 is 5.73 Å². The van der Waals surface area contributed by atoms with Crippen LogP contribution in [0.2, 0.25) is 0 Å². The quantitative estimate of drug-likeness (QED) is 0.725. The van der Waals surface area contributed by atoms with Crippen LogP contribution in [-0.4, -0.2) is 54.0 Å². The first-order valence-electron chi connectivity index (χ1n) is 5.86. The third-order valence-corrected chi connectivity index (χ3v) is 3.77. The number of carbonyl (C=O) groups is 2. The average Bonchev–Trinajstić information content (AvgIpc) is 2.37. The van der Waals surface area contributed by atoms with Crippen LogP contribution in [0.15, 0.2) is 0 Å². The highest BCUT2D eigenvalue weighted by molar-refractivity contribution is 7.99. The lowest BCUT2D eigenvalue weighted by Crippen LogP contribution is -2.53. The normalized spacial score (nSPS) is 22.1. The summed E-state index contributed by atoms with van der Waals surface area (Å²) in [6.45, 7) is 4.79. The number of hydrogen-bond acceptors (Lipinski definition) is 5. The van der Waals surface area contributed by atoms with Gasteiger partial charge in [-0.15, -0.1) is 0 Å². The Hall–Kier alpha value is -0.750. The summed E-state index contributed by atoms with van der Waals surface area (Å²) in [7, 11) is 0. The Bertz CT molecular complexity index is 286. The molecule has 1 saturated heterocycles. The van der Waals surface area contributed by atoms with E-state index in [1.54, 1.807) is 30.5 Å². The van der Waals surface area contributed by atoms with Crippen LogP contribution in [0.25, 0.3) is 0 Å².